The highest BCUT2D eigenvalue weighted by Crippen LogP contribution is 2.37. The molecule has 0 N–H and O–H groups in total. The van der Waals surface area contributed by atoms with Gasteiger partial charge in [-0.15, -0.1) is 5.06 Å². The van der Waals surface area contributed by atoms with Gasteiger partial charge < -0.3 is 14.1 Å². The number of hydrogen-bond acceptors (Lipinski definition) is 9. The van der Waals surface area contributed by atoms with Crippen molar-refractivity contribution >= 4 is 87.5 Å². The Hall–Kier alpha value is -3.93. The molecule has 0 bridgehead atoms. The molecule has 46 heavy (non-hydrogen) atoms. The smallest absolute Gasteiger partial charge is 0.485 e. The number of hydrogen-bond donors (Lipinski definition) is 0. The van der Waals surface area contributed by atoms with Crippen molar-refractivity contribution in [1.29, 1.82) is 0 Å². The summed E-state index contributed by atoms with van der Waals surface area (Å²) in [5.74, 6) is -1.93. The quantitative estimate of drug-likeness (QED) is 0.0492. The lowest BCUT2D eigenvalue weighted by Gasteiger charge is -2.14. The van der Waals surface area contributed by atoms with E-state index in [1.807, 2.05) is 60.1 Å². The van der Waals surface area contributed by atoms with E-state index in [-0.39, 0.29) is 25.7 Å². The second-order valence-electron chi connectivity index (χ2n) is 9.69. The molecule has 0 atom stereocenters. The standard InChI is InChI=1S/C28H21Br2N2O6.CHF3O3S/c1-31-21-8-4-2-6-17(21)26(18-7-3-5-9-22(18)31)28(36)37-27-19(29)14-16(15-20(27)30)10-13-25(35)38-32-23(33)11-12-24(32)34;2-1(3,4)8(5,6)7/h2-9,14-15H,10-13H2,1H3;(H,5,6,7)/q+1;/p-1. The first kappa shape index (κ1) is 34.9. The lowest BCUT2D eigenvalue weighted by molar-refractivity contribution is -0.617. The van der Waals surface area contributed by atoms with Crippen LogP contribution in [-0.2, 0) is 42.8 Å². The number of fused-ring (bicyclic) bond motifs is 2. The predicted molar refractivity (Wildman–Crippen MR) is 161 cm³/mol. The molecule has 0 aliphatic carbocycles. The normalized spacial score (nSPS) is 13.5. The Morgan fingerprint density at radius 3 is 1.85 bits per heavy atom. The molecule has 17 heteroatoms. The molecule has 5 rings (SSSR count). The van der Waals surface area contributed by atoms with Crippen LogP contribution < -0.4 is 9.30 Å². The molecular formula is C29H21Br2F3N2O9S. The maximum atomic E-state index is 13.6. The number of ether oxygens (including phenoxy) is 1. The van der Waals surface area contributed by atoms with E-state index in [1.165, 1.54) is 0 Å². The van der Waals surface area contributed by atoms with E-state index in [4.69, 9.17) is 22.5 Å². The number of aromatic nitrogens is 1. The van der Waals surface area contributed by atoms with Gasteiger partial charge in [0.2, 0.25) is 11.0 Å². The van der Waals surface area contributed by atoms with Crippen LogP contribution >= 0.6 is 31.9 Å². The minimum atomic E-state index is -6.09. The molecule has 1 saturated heterocycles. The van der Waals surface area contributed by atoms with Crippen LogP contribution in [-0.4, -0.2) is 47.3 Å². The van der Waals surface area contributed by atoms with Crippen LogP contribution in [0.3, 0.4) is 0 Å². The molecule has 1 aromatic heterocycles. The summed E-state index contributed by atoms with van der Waals surface area (Å²) < 4.78 is 67.9. The fraction of sp³-hybridized carbons (Fsp3) is 0.207. The average molecular weight is 790 g/mol. The minimum Gasteiger partial charge on any atom is -0.741 e. The maximum absolute atomic E-state index is 13.6. The summed E-state index contributed by atoms with van der Waals surface area (Å²) in [5, 5.41) is 2.08. The Bertz CT molecular complexity index is 1910. The topological polar surface area (TPSA) is 151 Å². The zero-order chi connectivity index (χ0) is 34.0. The van der Waals surface area contributed by atoms with Crippen LogP contribution in [0, 0.1) is 0 Å². The van der Waals surface area contributed by atoms with Crippen LogP contribution in [0.1, 0.15) is 35.2 Å². The number of para-hydroxylation sites is 2. The van der Waals surface area contributed by atoms with Crippen molar-refractivity contribution in [3.63, 3.8) is 0 Å². The zero-order valence-electron chi connectivity index (χ0n) is 23.5. The van der Waals surface area contributed by atoms with Crippen LogP contribution in [0.4, 0.5) is 13.2 Å². The van der Waals surface area contributed by atoms with Gasteiger partial charge in [0.1, 0.15) is 7.05 Å². The highest BCUT2D eigenvalue weighted by molar-refractivity contribution is 9.11. The van der Waals surface area contributed by atoms with Gasteiger partial charge in [-0.25, -0.2) is 18.0 Å². The average Bonchev–Trinajstić information content (AvgIpc) is 3.29. The molecule has 0 spiro atoms. The van der Waals surface area contributed by atoms with Gasteiger partial charge in [0.25, 0.3) is 11.8 Å². The van der Waals surface area contributed by atoms with Gasteiger partial charge >= 0.3 is 17.4 Å². The molecule has 11 nitrogen and oxygen atoms in total. The van der Waals surface area contributed by atoms with Gasteiger partial charge in [-0.05, 0) is 68.1 Å². The van der Waals surface area contributed by atoms with E-state index in [2.05, 4.69) is 31.9 Å². The molecule has 2 heterocycles. The number of amides is 2. The molecule has 0 saturated carbocycles. The summed E-state index contributed by atoms with van der Waals surface area (Å²) in [7, 11) is -4.13. The van der Waals surface area contributed by atoms with Crippen molar-refractivity contribution in [3.05, 3.63) is 80.7 Å². The minimum absolute atomic E-state index is 0.0409. The van der Waals surface area contributed by atoms with Gasteiger partial charge in [0, 0.05) is 25.0 Å². The Morgan fingerprint density at radius 1 is 0.935 bits per heavy atom. The Labute approximate surface area is 275 Å². The van der Waals surface area contributed by atoms with E-state index < -0.39 is 39.4 Å². The maximum Gasteiger partial charge on any atom is 0.485 e. The number of carbonyl (C=O) groups excluding carboxylic acids is 4. The van der Waals surface area contributed by atoms with Crippen molar-refractivity contribution in [1.82, 2.24) is 5.06 Å². The number of rotatable bonds is 6. The van der Waals surface area contributed by atoms with Crippen molar-refractivity contribution in [2.24, 2.45) is 7.05 Å². The number of imide groups is 1. The molecule has 3 aromatic carbocycles. The second kappa shape index (κ2) is 13.8. The lowest BCUT2D eigenvalue weighted by Crippen LogP contribution is -2.32. The number of carbonyl (C=O) groups is 4. The van der Waals surface area contributed by atoms with E-state index in [0.717, 1.165) is 27.4 Å². The highest BCUT2D eigenvalue weighted by Gasteiger charge is 2.37. The Balaban J connectivity index is 0.000000533. The fourth-order valence-corrected chi connectivity index (χ4v) is 5.94. The largest absolute Gasteiger partial charge is 0.741 e. The summed E-state index contributed by atoms with van der Waals surface area (Å²) in [5.41, 5.74) is -2.63. The van der Waals surface area contributed by atoms with Crippen molar-refractivity contribution in [2.75, 3.05) is 0 Å². The van der Waals surface area contributed by atoms with Crippen molar-refractivity contribution in [2.45, 2.75) is 31.2 Å². The summed E-state index contributed by atoms with van der Waals surface area (Å²) in [6.07, 6.45) is 0.317. The van der Waals surface area contributed by atoms with E-state index in [1.54, 1.807) is 12.1 Å². The number of halogens is 5. The number of pyridine rings is 1. The summed E-state index contributed by atoms with van der Waals surface area (Å²) >= 11 is 6.96. The number of alkyl halides is 3. The third kappa shape index (κ3) is 7.71. The first-order valence-electron chi connectivity index (χ1n) is 13.1. The van der Waals surface area contributed by atoms with Crippen LogP contribution in [0.2, 0.25) is 0 Å². The third-order valence-corrected chi connectivity index (χ3v) is 8.37. The predicted octanol–water partition coefficient (Wildman–Crippen LogP) is 5.15. The molecule has 1 fully saturated rings. The number of nitrogens with zero attached hydrogens (tertiary/aromatic N) is 2. The number of hydroxylamine groups is 2. The molecule has 1 aliphatic heterocycles. The van der Waals surface area contributed by atoms with Gasteiger partial charge in [-0.3, -0.25) is 9.59 Å². The third-order valence-electron chi connectivity index (χ3n) is 6.63. The van der Waals surface area contributed by atoms with Gasteiger partial charge in [0.15, 0.2) is 15.9 Å². The number of esters is 1. The summed E-state index contributed by atoms with van der Waals surface area (Å²) in [6, 6.07) is 18.8. The SMILES string of the molecule is C[n+]1c2ccccc2c(C(=O)Oc2c(Br)cc(CCC(=O)ON3C(=O)CCC3=O)cc2Br)c2ccccc21.O=S(=O)([O-])C(F)(F)F. The molecule has 4 aromatic rings. The van der Waals surface area contributed by atoms with E-state index in [0.29, 0.717) is 25.3 Å². The van der Waals surface area contributed by atoms with Gasteiger partial charge in [-0.2, -0.15) is 17.7 Å². The first-order valence-corrected chi connectivity index (χ1v) is 16.1. The van der Waals surface area contributed by atoms with Crippen molar-refractivity contribution in [3.8, 4) is 5.75 Å². The summed E-state index contributed by atoms with van der Waals surface area (Å²) in [6.45, 7) is 0. The molecule has 1 aliphatic rings. The highest BCUT2D eigenvalue weighted by atomic mass is 79.9. The molecule has 2 amide bonds. The summed E-state index contributed by atoms with van der Waals surface area (Å²) in [4.78, 5) is 54.0. The molecular weight excluding hydrogens is 769 g/mol. The van der Waals surface area contributed by atoms with Crippen LogP contribution in [0.5, 0.6) is 5.75 Å². The fourth-order valence-electron chi connectivity index (χ4n) is 4.50. The molecule has 0 radical (unpaired) electrons. The second-order valence-corrected chi connectivity index (χ2v) is 12.8. The van der Waals surface area contributed by atoms with E-state index in [9.17, 15) is 32.3 Å². The molecule has 0 unspecified atom stereocenters. The molecule has 242 valence electrons. The lowest BCUT2D eigenvalue weighted by atomic mass is 10.0. The van der Waals surface area contributed by atoms with Crippen LogP contribution in [0.25, 0.3) is 21.8 Å². The van der Waals surface area contributed by atoms with Gasteiger partial charge in [0.05, 0.1) is 31.7 Å². The van der Waals surface area contributed by atoms with Crippen LogP contribution in [0.15, 0.2) is 69.6 Å². The first-order chi connectivity index (χ1) is 21.5. The number of benzene rings is 3. The Morgan fingerprint density at radius 2 is 1.39 bits per heavy atom. The zero-order valence-corrected chi connectivity index (χ0v) is 27.5. The van der Waals surface area contributed by atoms with E-state index >= 15 is 0 Å². The van der Waals surface area contributed by atoms with Gasteiger partial charge in [-0.1, -0.05) is 24.3 Å². The monoisotopic (exact) mass is 788 g/mol. The Kier molecular flexibility index (Phi) is 10.5. The van der Waals surface area contributed by atoms with Crippen molar-refractivity contribution < 1.29 is 59.5 Å². The number of aryl methyl sites for hydroxylation is 2.